The molecule has 1 aliphatic rings. The van der Waals surface area contributed by atoms with Crippen molar-refractivity contribution in [3.05, 3.63) is 82.4 Å². The fourth-order valence-electron chi connectivity index (χ4n) is 4.52. The van der Waals surface area contributed by atoms with E-state index in [1.54, 1.807) is 56.0 Å². The Balaban J connectivity index is 1.52. The van der Waals surface area contributed by atoms with Crippen molar-refractivity contribution < 1.29 is 14.3 Å². The number of hydrogen-bond acceptors (Lipinski definition) is 5. The van der Waals surface area contributed by atoms with Gasteiger partial charge in [-0.2, -0.15) is 0 Å². The Labute approximate surface area is 211 Å². The van der Waals surface area contributed by atoms with E-state index in [-0.39, 0.29) is 33.9 Å². The number of aromatic nitrogens is 3. The lowest BCUT2D eigenvalue weighted by molar-refractivity contribution is -0.121. The molecule has 2 aromatic heterocycles. The number of phenolic OH excluding ortho intramolecular Hbond substituents is 1. The van der Waals surface area contributed by atoms with E-state index in [0.29, 0.717) is 47.7 Å². The van der Waals surface area contributed by atoms with Crippen molar-refractivity contribution in [1.29, 1.82) is 0 Å². The number of phenols is 1. The largest absolute Gasteiger partial charge is 0.507 e. The van der Waals surface area contributed by atoms with Crippen LogP contribution in [0.15, 0.2) is 65.8 Å². The summed E-state index contributed by atoms with van der Waals surface area (Å²) in [4.78, 5) is 30.2. The normalized spacial score (nSPS) is 15.4. The van der Waals surface area contributed by atoms with Crippen LogP contribution in [0.25, 0.3) is 27.9 Å². The lowest BCUT2D eigenvalue weighted by Gasteiger charge is -2.18. The van der Waals surface area contributed by atoms with E-state index in [9.17, 15) is 19.1 Å². The minimum atomic E-state index is -0.536. The van der Waals surface area contributed by atoms with Crippen molar-refractivity contribution in [3.8, 4) is 33.7 Å². The molecule has 1 saturated heterocycles. The van der Waals surface area contributed by atoms with Crippen LogP contribution >= 0.6 is 11.6 Å². The quantitative estimate of drug-likeness (QED) is 0.428. The van der Waals surface area contributed by atoms with Crippen LogP contribution in [0.1, 0.15) is 6.42 Å². The number of pyridine rings is 1. The minimum absolute atomic E-state index is 0.120. The average molecular weight is 508 g/mol. The van der Waals surface area contributed by atoms with Gasteiger partial charge >= 0.3 is 5.69 Å². The summed E-state index contributed by atoms with van der Waals surface area (Å²) >= 11 is 6.48. The monoisotopic (exact) mass is 507 g/mol. The molecule has 8 nitrogen and oxygen atoms in total. The van der Waals surface area contributed by atoms with E-state index in [1.807, 2.05) is 4.90 Å². The number of aryl methyl sites for hydroxylation is 1. The predicted octanol–water partition coefficient (Wildman–Crippen LogP) is 3.71. The van der Waals surface area contributed by atoms with Crippen LogP contribution < -0.4 is 16.3 Å². The second kappa shape index (κ2) is 9.16. The van der Waals surface area contributed by atoms with E-state index >= 15 is 0 Å². The number of aromatic hydroxyl groups is 1. The average Bonchev–Trinajstić information content (AvgIpc) is 3.48. The third kappa shape index (κ3) is 4.22. The van der Waals surface area contributed by atoms with Gasteiger partial charge in [0.05, 0.1) is 16.6 Å². The van der Waals surface area contributed by atoms with Gasteiger partial charge in [-0.1, -0.05) is 17.7 Å². The molecule has 0 spiro atoms. The number of hydrogen-bond donors (Lipinski definition) is 2. The third-order valence-corrected chi connectivity index (χ3v) is 6.81. The summed E-state index contributed by atoms with van der Waals surface area (Å²) in [7, 11) is 1.64. The van der Waals surface area contributed by atoms with Crippen LogP contribution in [-0.2, 0) is 11.8 Å². The number of nitrogens with zero attached hydrogens (tertiary/aromatic N) is 4. The van der Waals surface area contributed by atoms with E-state index in [4.69, 9.17) is 17.3 Å². The van der Waals surface area contributed by atoms with Crippen LogP contribution in [0, 0.1) is 11.7 Å². The second-order valence-corrected chi connectivity index (χ2v) is 9.22. The number of imidazole rings is 1. The molecule has 1 aliphatic heterocycles. The molecule has 4 aromatic rings. The zero-order valence-corrected chi connectivity index (χ0v) is 20.1. The maximum absolute atomic E-state index is 14.8. The minimum Gasteiger partial charge on any atom is -0.507 e. The highest BCUT2D eigenvalue weighted by Gasteiger charge is 2.27. The summed E-state index contributed by atoms with van der Waals surface area (Å²) in [6, 6.07) is 10.8. The van der Waals surface area contributed by atoms with Gasteiger partial charge < -0.3 is 20.3 Å². The number of carbonyl (C=O) groups excluding carboxylic acids is 1. The van der Waals surface area contributed by atoms with E-state index < -0.39 is 5.82 Å². The van der Waals surface area contributed by atoms with Crippen molar-refractivity contribution in [1.82, 2.24) is 14.1 Å². The summed E-state index contributed by atoms with van der Waals surface area (Å²) in [5.41, 5.74) is 7.26. The predicted molar refractivity (Wildman–Crippen MR) is 136 cm³/mol. The number of amides is 1. The van der Waals surface area contributed by atoms with Gasteiger partial charge in [0.15, 0.2) is 0 Å². The maximum Gasteiger partial charge on any atom is 0.332 e. The number of halogens is 2. The van der Waals surface area contributed by atoms with Crippen molar-refractivity contribution in [2.75, 3.05) is 18.0 Å². The van der Waals surface area contributed by atoms with Gasteiger partial charge in [0.25, 0.3) is 0 Å². The van der Waals surface area contributed by atoms with Gasteiger partial charge in [0, 0.05) is 49.9 Å². The zero-order chi connectivity index (χ0) is 25.6. The van der Waals surface area contributed by atoms with E-state index in [1.165, 1.54) is 21.3 Å². The molecule has 5 rings (SSSR count). The molecule has 0 radical (unpaired) electrons. The number of nitrogens with two attached hydrogens (primary N) is 1. The first kappa shape index (κ1) is 23.6. The number of rotatable bonds is 5. The van der Waals surface area contributed by atoms with Gasteiger partial charge in [-0.25, -0.2) is 14.2 Å². The van der Waals surface area contributed by atoms with Crippen LogP contribution in [-0.4, -0.2) is 38.2 Å². The van der Waals surface area contributed by atoms with Crippen LogP contribution in [0.5, 0.6) is 5.75 Å². The summed E-state index contributed by atoms with van der Waals surface area (Å²) in [6.07, 6.45) is 5.45. The molecule has 1 amide bonds. The fourth-order valence-corrected chi connectivity index (χ4v) is 4.79. The Bertz CT molecular complexity index is 1550. The van der Waals surface area contributed by atoms with Crippen molar-refractivity contribution in [2.24, 2.45) is 18.7 Å². The van der Waals surface area contributed by atoms with Crippen molar-refractivity contribution >= 4 is 23.3 Å². The number of benzene rings is 2. The molecule has 0 unspecified atom stereocenters. The molecule has 1 atom stereocenters. The molecule has 3 N–H and O–H groups in total. The highest BCUT2D eigenvalue weighted by Crippen LogP contribution is 2.41. The molecule has 0 bridgehead atoms. The molecular formula is C26H23ClFN5O3. The lowest BCUT2D eigenvalue weighted by atomic mass is 9.97. The molecule has 0 saturated carbocycles. The Morgan fingerprint density at radius 3 is 2.47 bits per heavy atom. The number of primary amides is 1. The molecule has 10 heteroatoms. The van der Waals surface area contributed by atoms with E-state index in [2.05, 4.69) is 4.98 Å². The first-order chi connectivity index (χ1) is 17.2. The molecular weight excluding hydrogens is 485 g/mol. The Morgan fingerprint density at radius 1 is 1.14 bits per heavy atom. The van der Waals surface area contributed by atoms with E-state index in [0.717, 1.165) is 0 Å². The van der Waals surface area contributed by atoms with Crippen LogP contribution in [0.4, 0.5) is 10.2 Å². The molecule has 36 heavy (non-hydrogen) atoms. The third-order valence-electron chi connectivity index (χ3n) is 6.51. The molecule has 1 fully saturated rings. The standard InChI is InChI=1S/C26H23ClFN5O3/c1-31-8-9-33(26(31)36)22-3-2-15(10-21(22)27)19-12-18(28)13-20(24(19)34)16-4-6-30-23(11-16)32-7-5-17(14-32)25(29)35/h2-4,6,8-13,17,34H,5,7,14H2,1H3,(H2,29,35)/t17-/m1/s1. The maximum atomic E-state index is 14.8. The first-order valence-corrected chi connectivity index (χ1v) is 11.7. The molecule has 0 aliphatic carbocycles. The summed E-state index contributed by atoms with van der Waals surface area (Å²) in [5.74, 6) is -0.634. The molecule has 184 valence electrons. The first-order valence-electron chi connectivity index (χ1n) is 11.3. The summed E-state index contributed by atoms with van der Waals surface area (Å²) in [5, 5.41) is 11.4. The van der Waals surface area contributed by atoms with Crippen LogP contribution in [0.3, 0.4) is 0 Å². The molecule has 2 aromatic carbocycles. The Hall–Kier alpha value is -4.11. The highest BCUT2D eigenvalue weighted by atomic mass is 35.5. The smallest absolute Gasteiger partial charge is 0.332 e. The second-order valence-electron chi connectivity index (χ2n) is 8.81. The summed E-state index contributed by atoms with van der Waals surface area (Å²) in [6.45, 7) is 1.08. The molecule has 3 heterocycles. The van der Waals surface area contributed by atoms with Gasteiger partial charge in [-0.05, 0) is 53.9 Å². The van der Waals surface area contributed by atoms with Gasteiger partial charge in [-0.3, -0.25) is 9.36 Å². The van der Waals surface area contributed by atoms with Crippen molar-refractivity contribution in [3.63, 3.8) is 0 Å². The number of anilines is 1. The van der Waals surface area contributed by atoms with Crippen LogP contribution in [0.2, 0.25) is 5.02 Å². The fraction of sp³-hybridized carbons (Fsp3) is 0.192. The van der Waals surface area contributed by atoms with Crippen molar-refractivity contribution in [2.45, 2.75) is 6.42 Å². The Morgan fingerprint density at radius 2 is 1.86 bits per heavy atom. The topological polar surface area (TPSA) is 106 Å². The van der Waals surface area contributed by atoms with Gasteiger partial charge in [0.2, 0.25) is 5.91 Å². The zero-order valence-electron chi connectivity index (χ0n) is 19.4. The van der Waals surface area contributed by atoms with Gasteiger partial charge in [-0.15, -0.1) is 0 Å². The lowest BCUT2D eigenvalue weighted by Crippen LogP contribution is -2.27. The van der Waals surface area contributed by atoms with Gasteiger partial charge in [0.1, 0.15) is 17.4 Å². The number of carbonyl (C=O) groups is 1. The summed E-state index contributed by atoms with van der Waals surface area (Å²) < 4.78 is 17.6. The Kier molecular flexibility index (Phi) is 6.01. The SMILES string of the molecule is Cn1ccn(-c2ccc(-c3cc(F)cc(-c4ccnc(N5CC[C@@H](C(N)=O)C5)c4)c3O)cc2Cl)c1=O. The highest BCUT2D eigenvalue weighted by molar-refractivity contribution is 6.32.